The summed E-state index contributed by atoms with van der Waals surface area (Å²) in [7, 11) is 1.66. The van der Waals surface area contributed by atoms with Gasteiger partial charge in [-0.15, -0.1) is 0 Å². The van der Waals surface area contributed by atoms with Crippen LogP contribution in [-0.2, 0) is 0 Å². The molecule has 0 aliphatic heterocycles. The van der Waals surface area contributed by atoms with E-state index in [4.69, 9.17) is 5.73 Å². The van der Waals surface area contributed by atoms with Crippen LogP contribution in [0.15, 0.2) is 42.5 Å². The van der Waals surface area contributed by atoms with Crippen LogP contribution in [0.3, 0.4) is 0 Å². The molecule has 4 heteroatoms. The van der Waals surface area contributed by atoms with Crippen LogP contribution in [0.2, 0.25) is 0 Å². The number of rotatable bonds is 2. The fourth-order valence-corrected chi connectivity index (χ4v) is 1.89. The normalized spacial score (nSPS) is 10.3. The summed E-state index contributed by atoms with van der Waals surface area (Å²) in [5, 5.41) is 0. The van der Waals surface area contributed by atoms with Gasteiger partial charge >= 0.3 is 0 Å². The first-order valence-corrected chi connectivity index (χ1v) is 5.89. The molecule has 0 aliphatic rings. The number of anilines is 2. The number of halogens is 1. The molecule has 0 unspecified atom stereocenters. The van der Waals surface area contributed by atoms with Crippen molar-refractivity contribution in [3.63, 3.8) is 0 Å². The lowest BCUT2D eigenvalue weighted by Crippen LogP contribution is -2.26. The van der Waals surface area contributed by atoms with Gasteiger partial charge in [-0.3, -0.25) is 4.79 Å². The molecule has 0 saturated carbocycles. The highest BCUT2D eigenvalue weighted by atomic mass is 19.1. The van der Waals surface area contributed by atoms with Gasteiger partial charge in [-0.05, 0) is 55.0 Å². The highest BCUT2D eigenvalue weighted by Gasteiger charge is 2.15. The number of carbonyl (C=O) groups is 1. The largest absolute Gasteiger partial charge is 0.399 e. The van der Waals surface area contributed by atoms with Gasteiger partial charge in [0.2, 0.25) is 0 Å². The number of nitrogen functional groups attached to an aromatic ring is 1. The Morgan fingerprint density at radius 3 is 2.37 bits per heavy atom. The highest BCUT2D eigenvalue weighted by Crippen LogP contribution is 2.19. The minimum atomic E-state index is -0.326. The lowest BCUT2D eigenvalue weighted by Gasteiger charge is -2.18. The Balaban J connectivity index is 2.30. The van der Waals surface area contributed by atoms with Gasteiger partial charge in [0, 0.05) is 24.0 Å². The molecule has 0 saturated heterocycles. The van der Waals surface area contributed by atoms with Crippen LogP contribution < -0.4 is 10.6 Å². The Kier molecular flexibility index (Phi) is 3.51. The molecule has 0 heterocycles. The number of nitrogens with two attached hydrogens (primary N) is 1. The lowest BCUT2D eigenvalue weighted by atomic mass is 10.1. The number of benzene rings is 2. The monoisotopic (exact) mass is 258 g/mol. The first-order chi connectivity index (χ1) is 8.99. The van der Waals surface area contributed by atoms with Gasteiger partial charge < -0.3 is 10.6 Å². The van der Waals surface area contributed by atoms with E-state index >= 15 is 0 Å². The molecule has 19 heavy (non-hydrogen) atoms. The van der Waals surface area contributed by atoms with Gasteiger partial charge in [0.1, 0.15) is 5.82 Å². The third kappa shape index (κ3) is 2.73. The van der Waals surface area contributed by atoms with Crippen molar-refractivity contribution >= 4 is 17.3 Å². The summed E-state index contributed by atoms with van der Waals surface area (Å²) in [5.74, 6) is -0.475. The standard InChI is InChI=1S/C15H15FN2O/c1-10-9-12(17)5-8-14(10)15(19)18(2)13-6-3-11(16)4-7-13/h3-9H,17H2,1-2H3. The lowest BCUT2D eigenvalue weighted by molar-refractivity contribution is 0.0992. The summed E-state index contributed by atoms with van der Waals surface area (Å²) >= 11 is 0. The zero-order valence-electron chi connectivity index (χ0n) is 10.9. The molecule has 0 aromatic heterocycles. The third-order valence-electron chi connectivity index (χ3n) is 3.00. The molecule has 2 rings (SSSR count). The predicted molar refractivity (Wildman–Crippen MR) is 74.7 cm³/mol. The molecule has 0 atom stereocenters. The van der Waals surface area contributed by atoms with Crippen molar-refractivity contribution in [1.29, 1.82) is 0 Å². The second kappa shape index (κ2) is 5.10. The molecule has 3 nitrogen and oxygen atoms in total. The summed E-state index contributed by atoms with van der Waals surface area (Å²) in [6.07, 6.45) is 0. The second-order valence-corrected chi connectivity index (χ2v) is 4.41. The van der Waals surface area contributed by atoms with Crippen LogP contribution in [0, 0.1) is 12.7 Å². The molecular formula is C15H15FN2O. The predicted octanol–water partition coefficient (Wildman–Crippen LogP) is 2.99. The number of carbonyl (C=O) groups excluding carboxylic acids is 1. The van der Waals surface area contributed by atoms with Gasteiger partial charge in [-0.1, -0.05) is 0 Å². The third-order valence-corrected chi connectivity index (χ3v) is 3.00. The van der Waals surface area contributed by atoms with E-state index in [1.807, 2.05) is 6.92 Å². The van der Waals surface area contributed by atoms with E-state index in [0.717, 1.165) is 5.56 Å². The van der Waals surface area contributed by atoms with Crippen molar-refractivity contribution in [2.24, 2.45) is 0 Å². The summed E-state index contributed by atoms with van der Waals surface area (Å²) in [5.41, 5.74) is 8.33. The molecule has 2 aromatic carbocycles. The van der Waals surface area contributed by atoms with Crippen molar-refractivity contribution in [1.82, 2.24) is 0 Å². The van der Waals surface area contributed by atoms with E-state index in [9.17, 15) is 9.18 Å². The van der Waals surface area contributed by atoms with E-state index < -0.39 is 0 Å². The molecule has 0 fully saturated rings. The molecule has 98 valence electrons. The SMILES string of the molecule is Cc1cc(N)ccc1C(=O)N(C)c1ccc(F)cc1. The zero-order chi connectivity index (χ0) is 14.0. The molecule has 2 aromatic rings. The van der Waals surface area contributed by atoms with Crippen LogP contribution in [0.5, 0.6) is 0 Å². The van der Waals surface area contributed by atoms with E-state index in [-0.39, 0.29) is 11.7 Å². The Labute approximate surface area is 111 Å². The first-order valence-electron chi connectivity index (χ1n) is 5.89. The van der Waals surface area contributed by atoms with Gasteiger partial charge in [0.25, 0.3) is 5.91 Å². The van der Waals surface area contributed by atoms with Gasteiger partial charge in [-0.2, -0.15) is 0 Å². The van der Waals surface area contributed by atoms with Crippen molar-refractivity contribution in [3.8, 4) is 0 Å². The average molecular weight is 258 g/mol. The summed E-state index contributed by atoms with van der Waals surface area (Å²) in [6, 6.07) is 10.9. The zero-order valence-corrected chi connectivity index (χ0v) is 10.9. The van der Waals surface area contributed by atoms with Crippen molar-refractivity contribution in [3.05, 3.63) is 59.4 Å². The first kappa shape index (κ1) is 13.1. The molecule has 1 amide bonds. The molecule has 0 spiro atoms. The maximum absolute atomic E-state index is 12.9. The minimum absolute atomic E-state index is 0.149. The van der Waals surface area contributed by atoms with Crippen LogP contribution in [0.25, 0.3) is 0 Å². The number of hydrogen-bond acceptors (Lipinski definition) is 2. The smallest absolute Gasteiger partial charge is 0.258 e. The quantitative estimate of drug-likeness (QED) is 0.842. The Morgan fingerprint density at radius 2 is 1.79 bits per heavy atom. The van der Waals surface area contributed by atoms with E-state index in [1.54, 1.807) is 37.4 Å². The van der Waals surface area contributed by atoms with Gasteiger partial charge in [-0.25, -0.2) is 4.39 Å². The number of aryl methyl sites for hydroxylation is 1. The molecule has 0 aliphatic carbocycles. The molecular weight excluding hydrogens is 243 g/mol. The highest BCUT2D eigenvalue weighted by molar-refractivity contribution is 6.06. The van der Waals surface area contributed by atoms with E-state index in [1.165, 1.54) is 17.0 Å². The molecule has 0 radical (unpaired) electrons. The Morgan fingerprint density at radius 1 is 1.16 bits per heavy atom. The van der Waals surface area contributed by atoms with Crippen molar-refractivity contribution in [2.75, 3.05) is 17.7 Å². The van der Waals surface area contributed by atoms with E-state index in [2.05, 4.69) is 0 Å². The van der Waals surface area contributed by atoms with Crippen LogP contribution in [-0.4, -0.2) is 13.0 Å². The second-order valence-electron chi connectivity index (χ2n) is 4.41. The van der Waals surface area contributed by atoms with E-state index in [0.29, 0.717) is 16.9 Å². The number of hydrogen-bond donors (Lipinski definition) is 1. The fraction of sp³-hybridized carbons (Fsp3) is 0.133. The van der Waals surface area contributed by atoms with Gasteiger partial charge in [0.05, 0.1) is 0 Å². The van der Waals surface area contributed by atoms with Crippen LogP contribution in [0.4, 0.5) is 15.8 Å². The topological polar surface area (TPSA) is 46.3 Å². The molecule has 0 bridgehead atoms. The fourth-order valence-electron chi connectivity index (χ4n) is 1.89. The van der Waals surface area contributed by atoms with Crippen molar-refractivity contribution in [2.45, 2.75) is 6.92 Å². The summed E-state index contributed by atoms with van der Waals surface area (Å²) < 4.78 is 12.9. The maximum Gasteiger partial charge on any atom is 0.258 e. The van der Waals surface area contributed by atoms with Crippen LogP contribution in [0.1, 0.15) is 15.9 Å². The van der Waals surface area contributed by atoms with Crippen molar-refractivity contribution < 1.29 is 9.18 Å². The Hall–Kier alpha value is -2.36. The maximum atomic E-state index is 12.9. The summed E-state index contributed by atoms with van der Waals surface area (Å²) in [4.78, 5) is 13.8. The molecule has 2 N–H and O–H groups in total. The number of nitrogens with zero attached hydrogens (tertiary/aromatic N) is 1. The minimum Gasteiger partial charge on any atom is -0.399 e. The number of amides is 1. The average Bonchev–Trinajstić information content (AvgIpc) is 2.38. The van der Waals surface area contributed by atoms with Gasteiger partial charge in [0.15, 0.2) is 0 Å². The Bertz CT molecular complexity index is 608. The van der Waals surface area contributed by atoms with Crippen LogP contribution >= 0.6 is 0 Å². The summed E-state index contributed by atoms with van der Waals surface area (Å²) in [6.45, 7) is 1.84.